The second kappa shape index (κ2) is 14.0. The number of nitrogens with zero attached hydrogens (tertiary/aromatic N) is 4. The monoisotopic (exact) mass is 767 g/mol. The first kappa shape index (κ1) is 36.8. The Kier molecular flexibility index (Phi) is 9.76. The molecule has 0 spiro atoms. The summed E-state index contributed by atoms with van der Waals surface area (Å²) in [7, 11) is -4.00. The van der Waals surface area contributed by atoms with E-state index in [1.165, 1.54) is 34.4 Å². The van der Waals surface area contributed by atoms with E-state index in [-0.39, 0.29) is 35.8 Å². The lowest BCUT2D eigenvalue weighted by Crippen LogP contribution is -2.58. The van der Waals surface area contributed by atoms with Crippen LogP contribution in [-0.2, 0) is 24.4 Å². The molecule has 5 atom stereocenters. The maximum atomic E-state index is 14.5. The van der Waals surface area contributed by atoms with Gasteiger partial charge in [-0.05, 0) is 71.4 Å². The smallest absolute Gasteiger partial charge is 0.280 e. The zero-order valence-electron chi connectivity index (χ0n) is 29.7. The first-order chi connectivity index (χ1) is 25.2. The van der Waals surface area contributed by atoms with Crippen molar-refractivity contribution in [3.05, 3.63) is 57.9 Å². The van der Waals surface area contributed by atoms with E-state index < -0.39 is 73.9 Å². The molecule has 0 bridgehead atoms. The number of halogens is 1. The number of hydrogen-bond donors (Lipinski definition) is 3. The largest absolute Gasteiger partial charge is 0.471 e. The van der Waals surface area contributed by atoms with Gasteiger partial charge in [-0.1, -0.05) is 25.0 Å². The van der Waals surface area contributed by atoms with Crippen molar-refractivity contribution in [1.29, 1.82) is 0 Å². The molecule has 4 aliphatic rings. The van der Waals surface area contributed by atoms with E-state index in [4.69, 9.17) is 4.74 Å². The average molecular weight is 768 g/mol. The Morgan fingerprint density at radius 3 is 2.64 bits per heavy atom. The minimum Gasteiger partial charge on any atom is -0.471 e. The zero-order valence-corrected chi connectivity index (χ0v) is 31.3. The van der Waals surface area contributed by atoms with Gasteiger partial charge in [0.05, 0.1) is 22.3 Å². The highest BCUT2D eigenvalue weighted by Gasteiger charge is 2.63. The number of nitrogens with one attached hydrogen (secondary N) is 3. The number of aromatic nitrogens is 3. The summed E-state index contributed by atoms with van der Waals surface area (Å²) in [5.74, 6) is -3.35. The highest BCUT2D eigenvalue weighted by molar-refractivity contribution is 7.91. The SMILES string of the molecule is Cc1cnc(C(=O)N[C@H]2CCCCC/C=C\[C@@H]3C[C@@]3(C(=O)NS(=O)(=O)C3(C)CC3)NC(=O)[C@@H]3C[C@@H](Oc4nc5cc(F)ccc5nc4C)CN3C2=O)s1. The number of carbonyl (C=O) groups excluding carboxylic acids is 4. The quantitative estimate of drug-likeness (QED) is 0.301. The number of rotatable bonds is 7. The lowest BCUT2D eigenvalue weighted by Gasteiger charge is -2.30. The van der Waals surface area contributed by atoms with Crippen molar-refractivity contribution in [2.45, 2.75) is 107 Å². The minimum atomic E-state index is -4.00. The van der Waals surface area contributed by atoms with E-state index in [0.717, 1.165) is 17.7 Å². The summed E-state index contributed by atoms with van der Waals surface area (Å²) >= 11 is 1.20. The maximum absolute atomic E-state index is 14.5. The van der Waals surface area contributed by atoms with E-state index in [9.17, 15) is 32.0 Å². The number of aryl methyl sites for hydroxylation is 2. The summed E-state index contributed by atoms with van der Waals surface area (Å²) in [6.07, 6.45) is 8.72. The molecule has 2 aliphatic carbocycles. The molecule has 3 N–H and O–H groups in total. The van der Waals surface area contributed by atoms with E-state index >= 15 is 0 Å². The Balaban J connectivity index is 1.20. The lowest BCUT2D eigenvalue weighted by molar-refractivity contribution is -0.141. The number of sulfonamides is 1. The summed E-state index contributed by atoms with van der Waals surface area (Å²) < 4.78 is 47.7. The van der Waals surface area contributed by atoms with E-state index in [1.807, 2.05) is 19.1 Å². The van der Waals surface area contributed by atoms with Gasteiger partial charge in [0, 0.05) is 29.5 Å². The fourth-order valence-corrected chi connectivity index (χ4v) is 8.97. The second-order valence-corrected chi connectivity index (χ2v) is 18.2. The number of thiazole rings is 1. The number of hydrogen-bond acceptors (Lipinski definition) is 11. The van der Waals surface area contributed by atoms with Gasteiger partial charge in [0.1, 0.15) is 35.2 Å². The summed E-state index contributed by atoms with van der Waals surface area (Å²) in [5, 5.41) is 5.91. The van der Waals surface area contributed by atoms with Crippen LogP contribution in [0.15, 0.2) is 36.5 Å². The third-order valence-electron chi connectivity index (χ3n) is 10.6. The molecule has 53 heavy (non-hydrogen) atoms. The van der Waals surface area contributed by atoms with Crippen molar-refractivity contribution in [3.63, 3.8) is 0 Å². The predicted molar refractivity (Wildman–Crippen MR) is 193 cm³/mol. The zero-order chi connectivity index (χ0) is 37.7. The summed E-state index contributed by atoms with van der Waals surface area (Å²) in [4.78, 5) is 71.2. The van der Waals surface area contributed by atoms with Gasteiger partial charge in [0.2, 0.25) is 27.7 Å². The molecule has 4 heterocycles. The number of amides is 4. The minimum absolute atomic E-state index is 0.0131. The average Bonchev–Trinajstić information content (AvgIpc) is 3.91. The van der Waals surface area contributed by atoms with E-state index in [0.29, 0.717) is 43.3 Å². The topological polar surface area (TPSA) is 190 Å². The molecule has 17 heteroatoms. The maximum Gasteiger partial charge on any atom is 0.280 e. The van der Waals surface area contributed by atoms with Gasteiger partial charge in [-0.2, -0.15) is 0 Å². The number of fused-ring (bicyclic) bond motifs is 3. The first-order valence-electron chi connectivity index (χ1n) is 17.9. The van der Waals surface area contributed by atoms with Gasteiger partial charge in [-0.3, -0.25) is 23.9 Å². The Morgan fingerprint density at radius 2 is 1.91 bits per heavy atom. The highest BCUT2D eigenvalue weighted by atomic mass is 32.2. The summed E-state index contributed by atoms with van der Waals surface area (Å²) in [5.41, 5.74) is -0.390. The molecule has 0 unspecified atom stereocenters. The third-order valence-corrected chi connectivity index (χ3v) is 13.7. The standard InChI is InChI=1S/C36H42FN7O7S2/c1-20-18-38-32(52-20)30(46)40-26-10-8-6-4-5-7-9-22-17-36(22,34(48)43-53(49,50)35(3)13-14-35)42-29(45)28-16-24(19-44(28)33(26)47)51-31-21(2)39-25-12-11-23(37)15-27(25)41-31/h7,9,11-12,15,18,22,24,26,28H,4-6,8,10,13-14,16-17,19H2,1-3H3,(H,40,46)(H,42,45)(H,43,48)/b9-7-/t22-,24-,26+,28+,36-/m1/s1. The molecular weight excluding hydrogens is 726 g/mol. The van der Waals surface area contributed by atoms with Gasteiger partial charge in [0.15, 0.2) is 5.01 Å². The number of ether oxygens (including phenoxy) is 1. The number of carbonyl (C=O) groups is 4. The first-order valence-corrected chi connectivity index (χ1v) is 20.2. The van der Waals surface area contributed by atoms with Gasteiger partial charge in [0.25, 0.3) is 11.8 Å². The van der Waals surface area contributed by atoms with Crippen molar-refractivity contribution in [1.82, 2.24) is 35.2 Å². The molecule has 4 amide bonds. The van der Waals surface area contributed by atoms with E-state index in [1.54, 1.807) is 20.0 Å². The summed E-state index contributed by atoms with van der Waals surface area (Å²) in [6, 6.07) is 1.87. The molecule has 282 valence electrons. The van der Waals surface area contributed by atoms with Crippen LogP contribution in [0.25, 0.3) is 11.0 Å². The van der Waals surface area contributed by atoms with Crippen molar-refractivity contribution in [2.24, 2.45) is 5.92 Å². The molecule has 2 aromatic heterocycles. The second-order valence-electron chi connectivity index (χ2n) is 14.8. The molecule has 3 fully saturated rings. The Bertz CT molecular complexity index is 2120. The third kappa shape index (κ3) is 7.50. The van der Waals surface area contributed by atoms with Gasteiger partial charge >= 0.3 is 0 Å². The van der Waals surface area contributed by atoms with Crippen LogP contribution in [0, 0.1) is 25.6 Å². The van der Waals surface area contributed by atoms with Gasteiger partial charge in [-0.25, -0.2) is 27.8 Å². The van der Waals surface area contributed by atoms with Crippen molar-refractivity contribution >= 4 is 56.0 Å². The highest BCUT2D eigenvalue weighted by Crippen LogP contribution is 2.47. The van der Waals surface area contributed by atoms with Crippen molar-refractivity contribution < 1.29 is 36.7 Å². The molecular formula is C36H42FN7O7S2. The lowest BCUT2D eigenvalue weighted by atomic mass is 10.0. The predicted octanol–water partition coefficient (Wildman–Crippen LogP) is 3.38. The fraction of sp³-hybridized carbons (Fsp3) is 0.528. The van der Waals surface area contributed by atoms with Gasteiger partial charge in [-0.15, -0.1) is 11.3 Å². The molecule has 1 aromatic carbocycles. The summed E-state index contributed by atoms with van der Waals surface area (Å²) in [6.45, 7) is 5.01. The normalized spacial score (nSPS) is 27.7. The molecule has 2 saturated carbocycles. The number of benzene rings is 1. The van der Waals surface area contributed by atoms with Crippen LogP contribution in [0.1, 0.15) is 85.1 Å². The molecule has 0 radical (unpaired) electrons. The van der Waals surface area contributed by atoms with Crippen LogP contribution in [-0.4, -0.2) is 86.9 Å². The van der Waals surface area contributed by atoms with Crippen molar-refractivity contribution in [3.8, 4) is 5.88 Å². The Hall–Kier alpha value is -4.51. The number of allylic oxidation sites excluding steroid dienone is 1. The molecule has 2 aliphatic heterocycles. The van der Waals surface area contributed by atoms with Crippen LogP contribution in [0.2, 0.25) is 0 Å². The van der Waals surface area contributed by atoms with Crippen molar-refractivity contribution in [2.75, 3.05) is 6.54 Å². The Labute approximate surface area is 310 Å². The van der Waals surface area contributed by atoms with Crippen LogP contribution >= 0.6 is 11.3 Å². The molecule has 3 aromatic rings. The van der Waals surface area contributed by atoms with Crippen LogP contribution in [0.5, 0.6) is 5.88 Å². The Morgan fingerprint density at radius 1 is 1.11 bits per heavy atom. The fourth-order valence-electron chi connectivity index (χ4n) is 7.00. The van der Waals surface area contributed by atoms with Gasteiger partial charge < -0.3 is 20.3 Å². The molecule has 14 nitrogen and oxygen atoms in total. The van der Waals surface area contributed by atoms with Crippen LogP contribution < -0.4 is 20.1 Å². The molecule has 1 saturated heterocycles. The van der Waals surface area contributed by atoms with E-state index in [2.05, 4.69) is 30.3 Å². The molecule has 7 rings (SSSR count). The van der Waals surface area contributed by atoms with Crippen LogP contribution in [0.3, 0.4) is 0 Å². The van der Waals surface area contributed by atoms with Crippen LogP contribution in [0.4, 0.5) is 4.39 Å².